The van der Waals surface area contributed by atoms with Gasteiger partial charge in [0.05, 0.1) is 14.2 Å². The van der Waals surface area contributed by atoms with E-state index in [1.54, 1.807) is 24.3 Å². The zero-order valence-electron chi connectivity index (χ0n) is 10.5. The fourth-order valence-electron chi connectivity index (χ4n) is 0.907. The minimum absolute atomic E-state index is 0. The molecule has 4 nitrogen and oxygen atoms in total. The molecule has 0 saturated carbocycles. The smallest absolute Gasteiger partial charge is 1.00 e. The van der Waals surface area contributed by atoms with Gasteiger partial charge in [0.1, 0.15) is 0 Å². The average Bonchev–Trinajstić information content (AvgIpc) is 2.27. The van der Waals surface area contributed by atoms with Gasteiger partial charge in [-0.1, -0.05) is 0 Å². The second-order valence-corrected chi connectivity index (χ2v) is 5.19. The van der Waals surface area contributed by atoms with E-state index in [0.717, 1.165) is 0 Å². The first kappa shape index (κ1) is 15.6. The summed E-state index contributed by atoms with van der Waals surface area (Å²) in [7, 11) is -0.836. The first-order valence-corrected chi connectivity index (χ1v) is 6.17. The summed E-state index contributed by atoms with van der Waals surface area (Å²) in [6.07, 6.45) is 0. The molecule has 0 aromatic heterocycles. The van der Waals surface area contributed by atoms with E-state index in [9.17, 15) is 9.13 Å². The van der Waals surface area contributed by atoms with Crippen LogP contribution in [0.4, 0.5) is 0 Å². The fraction of sp³-hybridized carbons (Fsp3) is 0.250. The number of benzene rings is 1. The maximum Gasteiger partial charge on any atom is 2.00 e. The summed E-state index contributed by atoms with van der Waals surface area (Å²) >= 11 is 0. The van der Waals surface area contributed by atoms with E-state index in [-0.39, 0.29) is 40.6 Å². The normalized spacial score (nSPS) is 11.6. The zero-order valence-corrected chi connectivity index (χ0v) is 12.5. The summed E-state index contributed by atoms with van der Waals surface area (Å²) in [5.74, 6) is 0. The van der Waals surface area contributed by atoms with Gasteiger partial charge in [0, 0.05) is 0 Å². The number of rotatable bonds is 4. The van der Waals surface area contributed by atoms with Crippen LogP contribution in [0, 0.1) is 0 Å². The number of hydrogen-bond acceptors (Lipinski definition) is 4. The van der Waals surface area contributed by atoms with Gasteiger partial charge in [0.25, 0.3) is 0 Å². The minimum Gasteiger partial charge on any atom is -1.00 e. The molecule has 0 N–H and O–H groups in total. The molecule has 0 aliphatic heterocycles. The fourth-order valence-corrected chi connectivity index (χ4v) is 2.11. The van der Waals surface area contributed by atoms with Crippen molar-refractivity contribution in [3.63, 3.8) is 0 Å². The Labute approximate surface area is 123 Å². The Hall–Kier alpha value is 0.600. The van der Waals surface area contributed by atoms with E-state index in [1.165, 1.54) is 14.2 Å². The van der Waals surface area contributed by atoms with Crippen molar-refractivity contribution in [3.8, 4) is 0 Å². The molecule has 0 radical (unpaired) electrons. The monoisotopic (exact) mass is 274 g/mol. The van der Waals surface area contributed by atoms with Gasteiger partial charge < -0.3 is 2.85 Å². The van der Waals surface area contributed by atoms with Crippen LogP contribution in [-0.2, 0) is 18.2 Å². The first-order chi connectivity index (χ1) is 6.69. The maximum atomic E-state index is 11.2. The van der Waals surface area contributed by atoms with Crippen molar-refractivity contribution >= 4 is 64.4 Å². The SMILES string of the molecule is CO[P+](=O)c1ccc([P+](=O)OC)cc1.[Ca+2].[H-].[H-]. The Kier molecular flexibility index (Phi) is 8.12. The van der Waals surface area contributed by atoms with Crippen LogP contribution >= 0.6 is 16.1 Å². The van der Waals surface area contributed by atoms with Crippen LogP contribution in [0.15, 0.2) is 24.3 Å². The summed E-state index contributed by atoms with van der Waals surface area (Å²) in [6, 6.07) is 6.46. The zero-order chi connectivity index (χ0) is 10.6. The van der Waals surface area contributed by atoms with E-state index in [0.29, 0.717) is 10.6 Å². The van der Waals surface area contributed by atoms with E-state index >= 15 is 0 Å². The van der Waals surface area contributed by atoms with E-state index in [4.69, 9.17) is 0 Å². The molecule has 78 valence electrons. The van der Waals surface area contributed by atoms with Gasteiger partial charge in [-0.2, -0.15) is 0 Å². The van der Waals surface area contributed by atoms with Gasteiger partial charge in [0.2, 0.25) is 10.6 Å². The molecule has 0 amide bonds. The van der Waals surface area contributed by atoms with Crippen molar-refractivity contribution < 1.29 is 21.0 Å². The molecular formula is C8H12CaO4P2+2. The van der Waals surface area contributed by atoms with Gasteiger partial charge in [-0.05, 0) is 33.4 Å². The third kappa shape index (κ3) is 4.54. The molecule has 7 heteroatoms. The minimum atomic E-state index is -1.80. The molecule has 1 aromatic carbocycles. The Morgan fingerprint density at radius 1 is 0.933 bits per heavy atom. The van der Waals surface area contributed by atoms with Gasteiger partial charge in [-0.25, -0.2) is 0 Å². The van der Waals surface area contributed by atoms with Crippen molar-refractivity contribution in [2.24, 2.45) is 0 Å². The topological polar surface area (TPSA) is 52.6 Å². The predicted octanol–water partition coefficient (Wildman–Crippen LogP) is 1.56. The molecular weight excluding hydrogens is 262 g/mol. The molecule has 0 heterocycles. The van der Waals surface area contributed by atoms with Gasteiger partial charge in [-0.3, -0.25) is 0 Å². The molecule has 2 atom stereocenters. The van der Waals surface area contributed by atoms with E-state index in [2.05, 4.69) is 9.05 Å². The van der Waals surface area contributed by atoms with Gasteiger partial charge in [-0.15, -0.1) is 9.05 Å². The predicted molar refractivity (Wildman–Crippen MR) is 62.9 cm³/mol. The third-order valence-electron chi connectivity index (χ3n) is 1.60. The van der Waals surface area contributed by atoms with Crippen molar-refractivity contribution in [2.75, 3.05) is 14.2 Å². The standard InChI is InChI=1S/C8H10O4P2.Ca.2H/c1-11-13(9)7-3-5-8(6-4-7)14(10)12-2;;;/h3-6H,1-2H3;;;/q2*+2;2*-1. The third-order valence-corrected chi connectivity index (χ3v) is 3.71. The average molecular weight is 274 g/mol. The van der Waals surface area contributed by atoms with Crippen LogP contribution in [0.1, 0.15) is 2.85 Å². The molecule has 1 aromatic rings. The summed E-state index contributed by atoms with van der Waals surface area (Å²) in [5, 5.41) is 1.15. The molecule has 0 fully saturated rings. The van der Waals surface area contributed by atoms with Gasteiger partial charge in [0.15, 0.2) is 0 Å². The molecule has 0 bridgehead atoms. The molecule has 0 saturated heterocycles. The Morgan fingerprint density at radius 3 is 1.40 bits per heavy atom. The second kappa shape index (κ2) is 7.81. The second-order valence-electron chi connectivity index (χ2n) is 2.40. The Bertz CT molecular complexity index is 326. The molecule has 0 aliphatic rings. The van der Waals surface area contributed by atoms with Crippen LogP contribution in [0.25, 0.3) is 0 Å². The Morgan fingerprint density at radius 2 is 1.20 bits per heavy atom. The van der Waals surface area contributed by atoms with Crippen LogP contribution in [-0.4, -0.2) is 52.0 Å². The van der Waals surface area contributed by atoms with Crippen molar-refractivity contribution in [1.29, 1.82) is 0 Å². The summed E-state index contributed by atoms with van der Waals surface area (Å²) in [6.45, 7) is 0. The van der Waals surface area contributed by atoms with Crippen molar-refractivity contribution in [1.82, 2.24) is 0 Å². The molecule has 1 rings (SSSR count). The molecule has 0 spiro atoms. The Balaban J connectivity index is -0.000000653. The van der Waals surface area contributed by atoms with Crippen molar-refractivity contribution in [3.05, 3.63) is 24.3 Å². The molecule has 0 aliphatic carbocycles. The van der Waals surface area contributed by atoms with E-state index < -0.39 is 16.1 Å². The van der Waals surface area contributed by atoms with Crippen LogP contribution in [0.2, 0.25) is 0 Å². The van der Waals surface area contributed by atoms with Crippen molar-refractivity contribution in [2.45, 2.75) is 0 Å². The molecule has 15 heavy (non-hydrogen) atoms. The summed E-state index contributed by atoms with van der Waals surface area (Å²) in [4.78, 5) is 0. The summed E-state index contributed by atoms with van der Waals surface area (Å²) in [5.41, 5.74) is 0. The van der Waals surface area contributed by atoms with Gasteiger partial charge >= 0.3 is 53.8 Å². The van der Waals surface area contributed by atoms with E-state index in [1.807, 2.05) is 0 Å². The van der Waals surface area contributed by atoms with Crippen LogP contribution in [0.3, 0.4) is 0 Å². The van der Waals surface area contributed by atoms with Crippen LogP contribution in [0.5, 0.6) is 0 Å². The quantitative estimate of drug-likeness (QED) is 0.617. The maximum absolute atomic E-state index is 11.2. The number of hydrogen-bond donors (Lipinski definition) is 0. The molecule has 2 unspecified atom stereocenters. The summed E-state index contributed by atoms with van der Waals surface area (Å²) < 4.78 is 31.7. The largest absolute Gasteiger partial charge is 2.00 e. The first-order valence-electron chi connectivity index (χ1n) is 3.82. The van der Waals surface area contributed by atoms with Crippen LogP contribution < -0.4 is 10.6 Å².